The van der Waals surface area contributed by atoms with Gasteiger partial charge in [0, 0.05) is 25.9 Å². The van der Waals surface area contributed by atoms with Crippen molar-refractivity contribution in [3.8, 4) is 12.3 Å². The van der Waals surface area contributed by atoms with Crippen LogP contribution in [0.2, 0.25) is 0 Å². The van der Waals surface area contributed by atoms with E-state index >= 15 is 0 Å². The molecule has 16 heavy (non-hydrogen) atoms. The lowest BCUT2D eigenvalue weighted by atomic mass is 9.99. The topological polar surface area (TPSA) is 20.3 Å². The lowest BCUT2D eigenvalue weighted by molar-refractivity contribution is -0.132. The van der Waals surface area contributed by atoms with Crippen LogP contribution >= 0.6 is 0 Å². The number of likely N-dealkylation sites (tertiary alicyclic amines) is 1. The first kappa shape index (κ1) is 13.1. The highest BCUT2D eigenvalue weighted by atomic mass is 16.2. The van der Waals surface area contributed by atoms with Crippen LogP contribution in [0.25, 0.3) is 0 Å². The molecule has 0 spiro atoms. The van der Waals surface area contributed by atoms with E-state index in [-0.39, 0.29) is 0 Å². The van der Waals surface area contributed by atoms with Gasteiger partial charge in [0.25, 0.3) is 0 Å². The highest BCUT2D eigenvalue weighted by Gasteiger charge is 2.19. The van der Waals surface area contributed by atoms with Crippen LogP contribution < -0.4 is 0 Å². The predicted molar refractivity (Wildman–Crippen MR) is 66.9 cm³/mol. The van der Waals surface area contributed by atoms with Gasteiger partial charge >= 0.3 is 0 Å². The number of hydrogen-bond donors (Lipinski definition) is 0. The van der Waals surface area contributed by atoms with Crippen molar-refractivity contribution in [3.63, 3.8) is 0 Å². The molecule has 1 aliphatic rings. The lowest BCUT2D eigenvalue weighted by Gasteiger charge is -2.30. The molecule has 1 fully saturated rings. The Labute approximate surface area is 99.4 Å². The van der Waals surface area contributed by atoms with Gasteiger partial charge in [-0.2, -0.15) is 0 Å². The van der Waals surface area contributed by atoms with Crippen LogP contribution in [-0.4, -0.2) is 23.9 Å². The van der Waals surface area contributed by atoms with Crippen molar-refractivity contribution in [1.29, 1.82) is 0 Å². The number of terminal acetylenes is 1. The Balaban J connectivity index is 2.08. The molecule has 0 aromatic carbocycles. The Hall–Kier alpha value is -0.970. The maximum absolute atomic E-state index is 11.8. The largest absolute Gasteiger partial charge is 0.343 e. The molecule has 0 N–H and O–H groups in total. The molecule has 0 bridgehead atoms. The number of carbonyl (C=O) groups excluding carboxylic acids is 1. The molecule has 1 heterocycles. The van der Waals surface area contributed by atoms with Crippen molar-refractivity contribution in [2.24, 2.45) is 5.92 Å². The predicted octanol–water partition coefficient (Wildman–Crippen LogP) is 2.83. The monoisotopic (exact) mass is 221 g/mol. The number of carbonyl (C=O) groups is 1. The fourth-order valence-corrected chi connectivity index (χ4v) is 2.10. The molecule has 2 heteroatoms. The molecule has 0 aliphatic carbocycles. The van der Waals surface area contributed by atoms with E-state index in [0.717, 1.165) is 44.7 Å². The number of nitrogens with zero attached hydrogens (tertiary/aromatic N) is 1. The average molecular weight is 221 g/mol. The Morgan fingerprint density at radius 1 is 1.31 bits per heavy atom. The fraction of sp³-hybridized carbons (Fsp3) is 0.786. The summed E-state index contributed by atoms with van der Waals surface area (Å²) in [6.45, 7) is 4.19. The molecule has 2 nitrogen and oxygen atoms in total. The third-order valence-electron chi connectivity index (χ3n) is 3.35. The molecule has 0 radical (unpaired) electrons. The number of rotatable bonds is 5. The van der Waals surface area contributed by atoms with Gasteiger partial charge in [-0.15, -0.1) is 12.3 Å². The second kappa shape index (κ2) is 7.33. The number of piperidine rings is 1. The van der Waals surface area contributed by atoms with E-state index in [1.807, 2.05) is 4.90 Å². The minimum Gasteiger partial charge on any atom is -0.343 e. The third-order valence-corrected chi connectivity index (χ3v) is 3.35. The van der Waals surface area contributed by atoms with Gasteiger partial charge < -0.3 is 4.90 Å². The first-order valence-electron chi connectivity index (χ1n) is 6.45. The zero-order valence-corrected chi connectivity index (χ0v) is 10.4. The highest BCUT2D eigenvalue weighted by molar-refractivity contribution is 5.76. The molecule has 1 amide bonds. The first-order valence-corrected chi connectivity index (χ1v) is 6.45. The van der Waals surface area contributed by atoms with Crippen LogP contribution in [0.3, 0.4) is 0 Å². The van der Waals surface area contributed by atoms with Crippen LogP contribution in [0, 0.1) is 18.3 Å². The summed E-state index contributed by atoms with van der Waals surface area (Å²) in [6, 6.07) is 0. The van der Waals surface area contributed by atoms with Gasteiger partial charge in [0.2, 0.25) is 5.91 Å². The SMILES string of the molecule is C#CCCCCCC(=O)N1CCC(C)CC1. The van der Waals surface area contributed by atoms with Crippen LogP contribution in [-0.2, 0) is 4.79 Å². The highest BCUT2D eigenvalue weighted by Crippen LogP contribution is 2.17. The maximum atomic E-state index is 11.8. The van der Waals surface area contributed by atoms with Crippen molar-refractivity contribution in [2.45, 2.75) is 51.9 Å². The summed E-state index contributed by atoms with van der Waals surface area (Å²) >= 11 is 0. The zero-order valence-electron chi connectivity index (χ0n) is 10.4. The number of hydrogen-bond acceptors (Lipinski definition) is 1. The van der Waals surface area contributed by atoms with E-state index in [2.05, 4.69) is 12.8 Å². The van der Waals surface area contributed by atoms with Gasteiger partial charge in [-0.1, -0.05) is 13.3 Å². The van der Waals surface area contributed by atoms with Crippen LogP contribution in [0.1, 0.15) is 51.9 Å². The van der Waals surface area contributed by atoms with Crippen LogP contribution in [0.4, 0.5) is 0 Å². The van der Waals surface area contributed by atoms with Gasteiger partial charge in [-0.25, -0.2) is 0 Å². The molecule has 0 saturated carbocycles. The molecule has 1 saturated heterocycles. The summed E-state index contributed by atoms with van der Waals surface area (Å²) in [5.41, 5.74) is 0. The van der Waals surface area contributed by atoms with Crippen molar-refractivity contribution < 1.29 is 4.79 Å². The van der Waals surface area contributed by atoms with Crippen molar-refractivity contribution >= 4 is 5.91 Å². The van der Waals surface area contributed by atoms with Crippen LogP contribution in [0.5, 0.6) is 0 Å². The maximum Gasteiger partial charge on any atom is 0.222 e. The lowest BCUT2D eigenvalue weighted by Crippen LogP contribution is -2.37. The third kappa shape index (κ3) is 4.70. The minimum absolute atomic E-state index is 0.340. The van der Waals surface area contributed by atoms with Gasteiger partial charge in [0.1, 0.15) is 0 Å². The molecule has 1 rings (SSSR count). The Morgan fingerprint density at radius 2 is 2.00 bits per heavy atom. The van der Waals surface area contributed by atoms with Gasteiger partial charge in [-0.05, 0) is 31.6 Å². The summed E-state index contributed by atoms with van der Waals surface area (Å²) in [5, 5.41) is 0. The summed E-state index contributed by atoms with van der Waals surface area (Å²) in [4.78, 5) is 13.9. The van der Waals surface area contributed by atoms with Crippen molar-refractivity contribution in [2.75, 3.05) is 13.1 Å². The van der Waals surface area contributed by atoms with Gasteiger partial charge in [0.15, 0.2) is 0 Å². The van der Waals surface area contributed by atoms with Gasteiger partial charge in [-0.3, -0.25) is 4.79 Å². The van der Waals surface area contributed by atoms with E-state index in [1.165, 1.54) is 12.8 Å². The second-order valence-electron chi connectivity index (χ2n) is 4.83. The summed E-state index contributed by atoms with van der Waals surface area (Å²) in [5.74, 6) is 3.76. The molecule has 0 aromatic rings. The summed E-state index contributed by atoms with van der Waals surface area (Å²) < 4.78 is 0. The van der Waals surface area contributed by atoms with Crippen molar-refractivity contribution in [1.82, 2.24) is 4.90 Å². The molecule has 0 atom stereocenters. The molecule has 0 unspecified atom stereocenters. The standard InChI is InChI=1S/C14H23NO/c1-3-4-5-6-7-8-14(16)15-11-9-13(2)10-12-15/h1,13H,4-12H2,2H3. The smallest absolute Gasteiger partial charge is 0.222 e. The zero-order chi connectivity index (χ0) is 11.8. The average Bonchev–Trinajstić information content (AvgIpc) is 2.29. The van der Waals surface area contributed by atoms with E-state index in [0.29, 0.717) is 12.3 Å². The molecular formula is C14H23NO. The van der Waals surface area contributed by atoms with Gasteiger partial charge in [0.05, 0.1) is 0 Å². The number of amides is 1. The number of unbranched alkanes of at least 4 members (excludes halogenated alkanes) is 3. The summed E-state index contributed by atoms with van der Waals surface area (Å²) in [7, 11) is 0. The first-order chi connectivity index (χ1) is 7.74. The normalized spacial score (nSPS) is 17.1. The van der Waals surface area contributed by atoms with Crippen LogP contribution in [0.15, 0.2) is 0 Å². The van der Waals surface area contributed by atoms with Crippen molar-refractivity contribution in [3.05, 3.63) is 0 Å². The quantitative estimate of drug-likeness (QED) is 0.516. The minimum atomic E-state index is 0.340. The van der Waals surface area contributed by atoms with E-state index in [1.54, 1.807) is 0 Å². The summed E-state index contributed by atoms with van der Waals surface area (Å²) in [6.07, 6.45) is 12.2. The van der Waals surface area contributed by atoms with E-state index in [4.69, 9.17) is 6.42 Å². The molecular weight excluding hydrogens is 198 g/mol. The second-order valence-corrected chi connectivity index (χ2v) is 4.83. The fourth-order valence-electron chi connectivity index (χ4n) is 2.10. The Bertz CT molecular complexity index is 246. The van der Waals surface area contributed by atoms with E-state index in [9.17, 15) is 4.79 Å². The molecule has 0 aromatic heterocycles. The molecule has 90 valence electrons. The Kier molecular flexibility index (Phi) is 6.00. The van der Waals surface area contributed by atoms with E-state index < -0.39 is 0 Å². The Morgan fingerprint density at radius 3 is 2.62 bits per heavy atom. The molecule has 1 aliphatic heterocycles.